The second kappa shape index (κ2) is 23.3. The zero-order valence-corrected chi connectivity index (χ0v) is 23.0. The first-order valence-corrected chi connectivity index (χ1v) is 14.3. The van der Waals surface area contributed by atoms with Crippen molar-refractivity contribution in [2.24, 2.45) is 0 Å². The van der Waals surface area contributed by atoms with Crippen molar-refractivity contribution in [2.75, 3.05) is 26.2 Å². The summed E-state index contributed by atoms with van der Waals surface area (Å²) < 4.78 is 0. The number of carboxylic acid groups (broad SMARTS) is 2. The van der Waals surface area contributed by atoms with Crippen molar-refractivity contribution in [3.8, 4) is 0 Å². The maximum atomic E-state index is 12.8. The molecule has 210 valence electrons. The van der Waals surface area contributed by atoms with Crippen LogP contribution in [0.2, 0.25) is 0 Å². The molecule has 0 aromatic rings. The van der Waals surface area contributed by atoms with Gasteiger partial charge in [0.1, 0.15) is 0 Å². The fraction of sp³-hybridized carbons (Fsp3) is 0.857. The predicted molar refractivity (Wildman–Crippen MR) is 143 cm³/mol. The SMILES string of the molecule is CCCCCCCCCC(=O)N(CCC(=O)O)CCN(CCC(=O)O)C(=O)CCCCCCCCC. The molecule has 2 amide bonds. The number of carbonyl (C=O) groups is 4. The molecule has 0 aliphatic carbocycles. The first-order chi connectivity index (χ1) is 17.3. The summed E-state index contributed by atoms with van der Waals surface area (Å²) in [6.07, 6.45) is 15.8. The Morgan fingerprint density at radius 2 is 0.750 bits per heavy atom. The molecular formula is C28H52N2O6. The quantitative estimate of drug-likeness (QED) is 0.148. The van der Waals surface area contributed by atoms with Crippen LogP contribution in [0, 0.1) is 0 Å². The lowest BCUT2D eigenvalue weighted by Gasteiger charge is -2.28. The van der Waals surface area contributed by atoms with E-state index in [1.807, 2.05) is 0 Å². The van der Waals surface area contributed by atoms with Crippen molar-refractivity contribution in [2.45, 2.75) is 129 Å². The van der Waals surface area contributed by atoms with E-state index < -0.39 is 11.9 Å². The maximum absolute atomic E-state index is 12.8. The van der Waals surface area contributed by atoms with Gasteiger partial charge in [-0.25, -0.2) is 0 Å². The molecule has 0 aliphatic rings. The number of hydrogen-bond acceptors (Lipinski definition) is 4. The third-order valence-electron chi connectivity index (χ3n) is 6.52. The van der Waals surface area contributed by atoms with Gasteiger partial charge in [-0.15, -0.1) is 0 Å². The summed E-state index contributed by atoms with van der Waals surface area (Å²) in [6, 6.07) is 0. The van der Waals surface area contributed by atoms with Gasteiger partial charge in [0, 0.05) is 39.0 Å². The molecule has 0 aromatic carbocycles. The van der Waals surface area contributed by atoms with Crippen molar-refractivity contribution >= 4 is 23.8 Å². The van der Waals surface area contributed by atoms with Gasteiger partial charge in [0.2, 0.25) is 11.8 Å². The number of unbranched alkanes of at least 4 members (excludes halogenated alkanes) is 12. The Labute approximate surface area is 218 Å². The van der Waals surface area contributed by atoms with Crippen molar-refractivity contribution in [1.82, 2.24) is 9.80 Å². The fourth-order valence-corrected chi connectivity index (χ4v) is 4.21. The van der Waals surface area contributed by atoms with Crippen LogP contribution in [-0.2, 0) is 19.2 Å². The van der Waals surface area contributed by atoms with Crippen LogP contribution >= 0.6 is 0 Å². The Bertz CT molecular complexity index is 559. The van der Waals surface area contributed by atoms with E-state index in [4.69, 9.17) is 10.2 Å². The van der Waals surface area contributed by atoms with Crippen LogP contribution < -0.4 is 0 Å². The molecule has 0 saturated heterocycles. The first-order valence-electron chi connectivity index (χ1n) is 14.3. The molecule has 8 heteroatoms. The topological polar surface area (TPSA) is 115 Å². The first kappa shape index (κ1) is 33.9. The minimum atomic E-state index is -0.971. The van der Waals surface area contributed by atoms with Crippen molar-refractivity contribution in [3.63, 3.8) is 0 Å². The summed E-state index contributed by atoms with van der Waals surface area (Å²) in [7, 11) is 0. The van der Waals surface area contributed by atoms with E-state index in [0.29, 0.717) is 12.8 Å². The predicted octanol–water partition coefficient (Wildman–Crippen LogP) is 5.87. The van der Waals surface area contributed by atoms with Crippen molar-refractivity contribution < 1.29 is 29.4 Å². The molecule has 0 heterocycles. The van der Waals surface area contributed by atoms with Crippen molar-refractivity contribution in [3.05, 3.63) is 0 Å². The van der Waals surface area contributed by atoms with Crippen LogP contribution in [0.1, 0.15) is 129 Å². The molecule has 0 aliphatic heterocycles. The molecule has 0 bridgehead atoms. The highest BCUT2D eigenvalue weighted by atomic mass is 16.4. The Balaban J connectivity index is 4.73. The van der Waals surface area contributed by atoms with Crippen LogP contribution in [-0.4, -0.2) is 69.9 Å². The lowest BCUT2D eigenvalue weighted by Crippen LogP contribution is -2.42. The number of amides is 2. The number of carbonyl (C=O) groups excluding carboxylic acids is 2. The van der Waals surface area contributed by atoms with E-state index in [1.165, 1.54) is 61.2 Å². The Morgan fingerprint density at radius 1 is 0.444 bits per heavy atom. The lowest BCUT2D eigenvalue weighted by molar-refractivity contribution is -0.141. The smallest absolute Gasteiger partial charge is 0.305 e. The normalized spacial score (nSPS) is 10.8. The minimum absolute atomic E-state index is 0.0949. The average molecular weight is 513 g/mol. The summed E-state index contributed by atoms with van der Waals surface area (Å²) >= 11 is 0. The second-order valence-electron chi connectivity index (χ2n) is 9.79. The molecule has 0 saturated carbocycles. The molecule has 0 aromatic heterocycles. The minimum Gasteiger partial charge on any atom is -0.481 e. The number of carboxylic acids is 2. The van der Waals surface area contributed by atoms with E-state index in [2.05, 4.69) is 13.8 Å². The summed E-state index contributed by atoms with van der Waals surface area (Å²) in [5, 5.41) is 18.2. The van der Waals surface area contributed by atoms with Gasteiger partial charge in [0.25, 0.3) is 0 Å². The second-order valence-corrected chi connectivity index (χ2v) is 9.79. The highest BCUT2D eigenvalue weighted by molar-refractivity contribution is 5.78. The number of nitrogens with zero attached hydrogens (tertiary/aromatic N) is 2. The number of hydrogen-bond donors (Lipinski definition) is 2. The molecule has 0 rings (SSSR count). The Hall–Kier alpha value is -2.12. The van der Waals surface area contributed by atoms with Gasteiger partial charge in [-0.1, -0.05) is 90.9 Å². The zero-order valence-electron chi connectivity index (χ0n) is 23.0. The summed E-state index contributed by atoms with van der Waals surface area (Å²) in [5.41, 5.74) is 0. The number of rotatable bonds is 25. The van der Waals surface area contributed by atoms with E-state index in [0.717, 1.165) is 38.5 Å². The highest BCUT2D eigenvalue weighted by Gasteiger charge is 2.19. The zero-order chi connectivity index (χ0) is 27.0. The molecule has 0 fully saturated rings. The molecule has 0 atom stereocenters. The van der Waals surface area contributed by atoms with Crippen molar-refractivity contribution in [1.29, 1.82) is 0 Å². The molecule has 36 heavy (non-hydrogen) atoms. The molecule has 0 unspecified atom stereocenters. The lowest BCUT2D eigenvalue weighted by atomic mass is 10.1. The van der Waals surface area contributed by atoms with Gasteiger partial charge in [0.15, 0.2) is 0 Å². The van der Waals surface area contributed by atoms with E-state index in [-0.39, 0.29) is 50.8 Å². The summed E-state index contributed by atoms with van der Waals surface area (Å²) in [5.74, 6) is -2.13. The highest BCUT2D eigenvalue weighted by Crippen LogP contribution is 2.12. The van der Waals surface area contributed by atoms with E-state index >= 15 is 0 Å². The van der Waals surface area contributed by atoms with Crippen LogP contribution in [0.5, 0.6) is 0 Å². The van der Waals surface area contributed by atoms with Gasteiger partial charge in [-0.2, -0.15) is 0 Å². The van der Waals surface area contributed by atoms with E-state index in [9.17, 15) is 19.2 Å². The summed E-state index contributed by atoms with van der Waals surface area (Å²) in [4.78, 5) is 50.8. The molecule has 2 N–H and O–H groups in total. The van der Waals surface area contributed by atoms with Crippen LogP contribution in [0.4, 0.5) is 0 Å². The largest absolute Gasteiger partial charge is 0.481 e. The monoisotopic (exact) mass is 512 g/mol. The number of aliphatic carboxylic acids is 2. The Morgan fingerprint density at radius 3 is 1.06 bits per heavy atom. The van der Waals surface area contributed by atoms with E-state index in [1.54, 1.807) is 0 Å². The van der Waals surface area contributed by atoms with Gasteiger partial charge < -0.3 is 20.0 Å². The fourth-order valence-electron chi connectivity index (χ4n) is 4.21. The van der Waals surface area contributed by atoms with Gasteiger partial charge >= 0.3 is 11.9 Å². The standard InChI is InChI=1S/C28H52N2O6/c1-3-5-7-9-11-13-15-17-25(31)29(21-19-27(33)34)23-24-30(22-20-28(35)36)26(32)18-16-14-12-10-8-6-4-2/h3-24H2,1-2H3,(H,33,34)(H,35,36). The molecule has 0 radical (unpaired) electrons. The molecule has 8 nitrogen and oxygen atoms in total. The van der Waals surface area contributed by atoms with Crippen LogP contribution in [0.25, 0.3) is 0 Å². The Kier molecular flexibility index (Phi) is 21.9. The third kappa shape index (κ3) is 20.1. The van der Waals surface area contributed by atoms with Gasteiger partial charge in [-0.3, -0.25) is 19.2 Å². The van der Waals surface area contributed by atoms with Crippen LogP contribution in [0.15, 0.2) is 0 Å². The maximum Gasteiger partial charge on any atom is 0.305 e. The van der Waals surface area contributed by atoms with Gasteiger partial charge in [0.05, 0.1) is 12.8 Å². The van der Waals surface area contributed by atoms with Gasteiger partial charge in [-0.05, 0) is 12.8 Å². The average Bonchev–Trinajstić information content (AvgIpc) is 2.84. The third-order valence-corrected chi connectivity index (χ3v) is 6.52. The molecule has 0 spiro atoms. The van der Waals surface area contributed by atoms with Crippen LogP contribution in [0.3, 0.4) is 0 Å². The molecular weight excluding hydrogens is 460 g/mol. The summed E-state index contributed by atoms with van der Waals surface area (Å²) in [6.45, 7) is 5.01.